The topological polar surface area (TPSA) is 417 Å². The molecule has 27 nitrogen and oxygen atoms in total. The number of fused-ring (bicyclic) bond motifs is 1. The minimum Gasteiger partial charge on any atom is -0.480 e. The maximum Gasteiger partial charge on any atom is 0.326 e. The van der Waals surface area contributed by atoms with E-state index >= 15 is 0 Å². The van der Waals surface area contributed by atoms with Crippen molar-refractivity contribution in [3.05, 3.63) is 65.5 Å². The lowest BCUT2D eigenvalue weighted by atomic mass is 9.91. The van der Waals surface area contributed by atoms with Gasteiger partial charge < -0.3 is 79.1 Å². The van der Waals surface area contributed by atoms with Gasteiger partial charge in [0.1, 0.15) is 48.3 Å². The number of guanidine groups is 1. The number of carboxylic acid groups (broad SMARTS) is 1. The summed E-state index contributed by atoms with van der Waals surface area (Å²) in [5.41, 5.74) is 19.6. The number of aliphatic imine (C=N–C) groups is 1. The summed E-state index contributed by atoms with van der Waals surface area (Å²) in [4.78, 5) is 151. The number of nitrogens with two attached hydrogens (primary N) is 3. The largest absolute Gasteiger partial charge is 0.480 e. The zero-order chi connectivity index (χ0) is 62.2. The Morgan fingerprint density at radius 3 is 1.97 bits per heavy atom. The molecule has 2 aliphatic carbocycles. The van der Waals surface area contributed by atoms with Gasteiger partial charge in [-0.25, -0.2) is 4.79 Å². The first-order chi connectivity index (χ1) is 41.1. The highest BCUT2D eigenvalue weighted by molar-refractivity contribution is 5.99. The molecule has 86 heavy (non-hydrogen) atoms. The second-order valence-electron chi connectivity index (χ2n) is 23.8. The monoisotopic (exact) mass is 1200 g/mol. The van der Waals surface area contributed by atoms with E-state index in [1.807, 2.05) is 19.9 Å². The van der Waals surface area contributed by atoms with E-state index < -0.39 is 139 Å². The van der Waals surface area contributed by atoms with E-state index in [2.05, 4.69) is 41.9 Å². The number of aliphatic hydroxyl groups is 2. The molecule has 27 heteroatoms. The van der Waals surface area contributed by atoms with E-state index in [0.717, 1.165) is 42.4 Å². The van der Waals surface area contributed by atoms with E-state index in [0.29, 0.717) is 32.1 Å². The van der Waals surface area contributed by atoms with Crippen LogP contribution in [0.4, 0.5) is 0 Å². The lowest BCUT2D eigenvalue weighted by Crippen LogP contribution is -2.62. The van der Waals surface area contributed by atoms with Crippen LogP contribution in [0, 0.1) is 17.8 Å². The van der Waals surface area contributed by atoms with Crippen LogP contribution in [-0.2, 0) is 67.3 Å². The number of rotatable bonds is 27. The minimum atomic E-state index is -1.58. The smallest absolute Gasteiger partial charge is 0.326 e. The Hall–Kier alpha value is -7.78. The number of hydrogen-bond donors (Lipinski definition) is 12. The second kappa shape index (κ2) is 31.0. The van der Waals surface area contributed by atoms with Gasteiger partial charge in [-0.05, 0) is 111 Å². The highest BCUT2D eigenvalue weighted by atomic mass is 16.4. The quantitative estimate of drug-likeness (QED) is 0.0260. The van der Waals surface area contributed by atoms with Gasteiger partial charge >= 0.3 is 5.97 Å². The van der Waals surface area contributed by atoms with E-state index in [-0.39, 0.29) is 88.9 Å². The van der Waals surface area contributed by atoms with Gasteiger partial charge in [0, 0.05) is 51.4 Å². The number of aliphatic carboxylic acids is 1. The average Bonchev–Trinajstić information content (AvgIpc) is 1.85. The first-order valence-corrected chi connectivity index (χ1v) is 30.1. The predicted molar refractivity (Wildman–Crippen MR) is 312 cm³/mol. The standard InChI is InChI=1S/C59H86N14O13/c1-33(2)25-42(67-50(77)40(60)26-34-19-22-63-23-20-34)51(78)66-41(17-9-21-64-59(61)62)55(82)71-24-10-18-44(71)57(84)73-31-39(75)28-46(73)52(79)65-29-47(76)69-48(35-11-3-4-12-35)54(81)68-43(32-74)56(83)72-30-38-16-8-7-15-37(38)27-45(72)53(80)70-49(58(85)86)36-13-5-6-14-36/h7-8,15-16,19-20,22-23,33,35-36,39-46,48-49,74-75H,3-6,9-14,17-18,21,24-32,60H2,1-2H3,(H,65,79)(H,66,78)(H,67,77)(H,68,81)(H,69,76)(H,70,80)(H,85,86)(H4,61,62,64)/t39-,40+,41+,42+,43+,44+,45-,46+,48?,49?/m1/s1. The number of β-amino-alcohol motifs (C(OH)–C–C–N with tert-alkyl or cyclic N) is 1. The van der Waals surface area contributed by atoms with E-state index in [4.69, 9.17) is 17.2 Å². The van der Waals surface area contributed by atoms with Crippen molar-refractivity contribution in [2.45, 2.75) is 184 Å². The third-order valence-corrected chi connectivity index (χ3v) is 17.1. The fourth-order valence-electron chi connectivity index (χ4n) is 12.6. The van der Waals surface area contributed by atoms with Crippen molar-refractivity contribution >= 4 is 65.1 Å². The molecule has 2 unspecified atom stereocenters. The number of nitrogens with zero attached hydrogens (tertiary/aromatic N) is 5. The Bertz CT molecular complexity index is 2770. The molecule has 1 aromatic carbocycles. The van der Waals surface area contributed by atoms with Crippen molar-refractivity contribution in [1.29, 1.82) is 0 Å². The molecule has 5 aliphatic rings. The van der Waals surface area contributed by atoms with Crippen molar-refractivity contribution in [3.63, 3.8) is 0 Å². The number of hydrogen-bond acceptors (Lipinski definition) is 15. The summed E-state index contributed by atoms with van der Waals surface area (Å²) in [6, 6.07) is -0.238. The minimum absolute atomic E-state index is 0.0360. The molecule has 3 aliphatic heterocycles. The maximum atomic E-state index is 14.6. The van der Waals surface area contributed by atoms with Gasteiger partial charge in [-0.15, -0.1) is 0 Å². The Morgan fingerprint density at radius 1 is 0.698 bits per heavy atom. The highest BCUT2D eigenvalue weighted by Crippen LogP contribution is 2.32. The van der Waals surface area contributed by atoms with Crippen molar-refractivity contribution < 1.29 is 63.3 Å². The Morgan fingerprint density at radius 2 is 1.33 bits per heavy atom. The molecule has 1 aromatic heterocycles. The van der Waals surface area contributed by atoms with Crippen molar-refractivity contribution in [1.82, 2.24) is 51.6 Å². The van der Waals surface area contributed by atoms with Crippen molar-refractivity contribution in [3.8, 4) is 0 Å². The molecule has 10 atom stereocenters. The summed E-state index contributed by atoms with van der Waals surface area (Å²) in [6.07, 6.45) is 8.51. The van der Waals surface area contributed by atoms with Crippen LogP contribution in [0.15, 0.2) is 53.8 Å². The maximum absolute atomic E-state index is 14.6. The number of carboxylic acids is 1. The zero-order valence-corrected chi connectivity index (χ0v) is 49.1. The van der Waals surface area contributed by atoms with Gasteiger partial charge in [-0.3, -0.25) is 53.1 Å². The third kappa shape index (κ3) is 17.4. The molecular formula is C59H86N14O13. The summed E-state index contributed by atoms with van der Waals surface area (Å²) >= 11 is 0. The lowest BCUT2D eigenvalue weighted by Gasteiger charge is -2.38. The molecular weight excluding hydrogens is 1110 g/mol. The highest BCUT2D eigenvalue weighted by Gasteiger charge is 2.47. The Labute approximate surface area is 500 Å². The van der Waals surface area contributed by atoms with Gasteiger partial charge in [-0.1, -0.05) is 63.8 Å². The molecule has 4 fully saturated rings. The van der Waals surface area contributed by atoms with Crippen LogP contribution in [0.2, 0.25) is 0 Å². The third-order valence-electron chi connectivity index (χ3n) is 17.1. The number of aliphatic hydroxyl groups excluding tert-OH is 2. The Kier molecular flexibility index (Phi) is 23.7. The first kappa shape index (κ1) is 65.8. The van der Waals surface area contributed by atoms with E-state index in [9.17, 15) is 63.3 Å². The SMILES string of the molecule is CC(C)C[C@H](NC(=O)[C@@H](N)Cc1ccncc1)C(=O)N[C@@H](CCCN=C(N)N)C(=O)N1CCC[C@H]1C(=O)N1C[C@H](O)C[C@H]1C(=O)NCC(=O)NC(C(=O)N[C@@H](CO)C(=O)N1Cc2ccccc2C[C@@H]1C(=O)NC(C(=O)O)C1CCCC1)C1CCCC1. The van der Waals surface area contributed by atoms with Crippen LogP contribution < -0.4 is 49.1 Å². The molecule has 2 saturated carbocycles. The van der Waals surface area contributed by atoms with Crippen LogP contribution in [0.25, 0.3) is 0 Å². The molecule has 2 saturated heterocycles. The number of benzene rings is 1. The van der Waals surface area contributed by atoms with Crippen LogP contribution in [0.1, 0.15) is 120 Å². The molecule has 15 N–H and O–H groups in total. The second-order valence-corrected chi connectivity index (χ2v) is 23.8. The summed E-state index contributed by atoms with van der Waals surface area (Å²) in [5.74, 6) is -8.46. The number of likely N-dealkylation sites (tertiary alicyclic amines) is 2. The van der Waals surface area contributed by atoms with Crippen molar-refractivity contribution in [2.75, 3.05) is 32.8 Å². The number of carbonyl (C=O) groups excluding carboxylic acids is 9. The first-order valence-electron chi connectivity index (χ1n) is 30.1. The molecule has 0 radical (unpaired) electrons. The normalized spacial score (nSPS) is 21.7. The van der Waals surface area contributed by atoms with Crippen LogP contribution in [0.3, 0.4) is 0 Å². The van der Waals surface area contributed by atoms with E-state index in [1.165, 1.54) is 14.7 Å². The molecule has 7 rings (SSSR count). The fourth-order valence-corrected chi connectivity index (χ4v) is 12.6. The van der Waals surface area contributed by atoms with Crippen molar-refractivity contribution in [2.24, 2.45) is 39.9 Å². The molecule has 2 aromatic rings. The number of carbonyl (C=O) groups is 10. The number of amides is 9. The van der Waals surface area contributed by atoms with Crippen LogP contribution in [-0.4, -0.2) is 193 Å². The zero-order valence-electron chi connectivity index (χ0n) is 49.1. The number of aromatic nitrogens is 1. The molecule has 0 spiro atoms. The van der Waals surface area contributed by atoms with Gasteiger partial charge in [0.2, 0.25) is 53.2 Å². The predicted octanol–water partition coefficient (Wildman–Crippen LogP) is -2.05. The van der Waals surface area contributed by atoms with Crippen LogP contribution >= 0.6 is 0 Å². The summed E-state index contributed by atoms with van der Waals surface area (Å²) in [5, 5.41) is 47.8. The van der Waals surface area contributed by atoms with Gasteiger partial charge in [0.25, 0.3) is 0 Å². The molecule has 9 amide bonds. The van der Waals surface area contributed by atoms with Gasteiger partial charge in [0.15, 0.2) is 5.96 Å². The average molecular weight is 1200 g/mol. The fraction of sp³-hybridized carbons (Fsp3) is 0.627. The number of nitrogens with one attached hydrogen (secondary N) is 6. The summed E-state index contributed by atoms with van der Waals surface area (Å²) in [6.45, 7) is 2.07. The van der Waals surface area contributed by atoms with Gasteiger partial charge in [-0.2, -0.15) is 0 Å². The summed E-state index contributed by atoms with van der Waals surface area (Å²) in [7, 11) is 0. The van der Waals surface area contributed by atoms with Crippen LogP contribution in [0.5, 0.6) is 0 Å². The molecule has 4 heterocycles. The van der Waals surface area contributed by atoms with E-state index in [1.54, 1.807) is 42.7 Å². The molecule has 0 bridgehead atoms. The lowest BCUT2D eigenvalue weighted by molar-refractivity contribution is -0.148. The number of pyridine rings is 1. The molecule has 470 valence electrons. The van der Waals surface area contributed by atoms with Gasteiger partial charge in [0.05, 0.1) is 25.3 Å². The Balaban J connectivity index is 0.988. The summed E-state index contributed by atoms with van der Waals surface area (Å²) < 4.78 is 0.